The second-order valence-corrected chi connectivity index (χ2v) is 8.37. The molecular weight excluding hydrogens is 376 g/mol. The van der Waals surface area contributed by atoms with Gasteiger partial charge in [-0.3, -0.25) is 4.79 Å². The molecule has 0 atom stereocenters. The Morgan fingerprint density at radius 1 is 1.17 bits per heavy atom. The lowest BCUT2D eigenvalue weighted by Gasteiger charge is -2.46. The summed E-state index contributed by atoms with van der Waals surface area (Å²) in [6, 6.07) is 12.5. The van der Waals surface area contributed by atoms with Crippen LogP contribution in [0.5, 0.6) is 5.75 Å². The van der Waals surface area contributed by atoms with E-state index in [4.69, 9.17) is 4.74 Å². The molecule has 4 heterocycles. The molecule has 2 aliphatic rings. The number of aryl methyl sites for hydroxylation is 2. The number of likely N-dealkylation sites (tertiary alicyclic amines) is 1. The lowest BCUT2D eigenvalue weighted by molar-refractivity contribution is 0.0676. The first-order chi connectivity index (χ1) is 14.5. The van der Waals surface area contributed by atoms with Gasteiger partial charge in [0.1, 0.15) is 5.75 Å². The van der Waals surface area contributed by atoms with Gasteiger partial charge in [-0.2, -0.15) is 0 Å². The third-order valence-electron chi connectivity index (χ3n) is 6.44. The van der Waals surface area contributed by atoms with Crippen LogP contribution in [0.3, 0.4) is 0 Å². The average molecular weight is 405 g/mol. The van der Waals surface area contributed by atoms with E-state index in [1.54, 1.807) is 0 Å². The largest absolute Gasteiger partial charge is 0.494 e. The number of ether oxygens (including phenoxy) is 1. The number of hydrogen-bond acceptors (Lipinski definition) is 3. The van der Waals surface area contributed by atoms with Crippen LogP contribution in [0, 0.1) is 13.8 Å². The van der Waals surface area contributed by atoms with Crippen molar-refractivity contribution in [1.29, 1.82) is 0 Å². The summed E-state index contributed by atoms with van der Waals surface area (Å²) in [4.78, 5) is 18.3. The topological polar surface area (TPSA) is 62.3 Å². The molecule has 0 saturated carbocycles. The fraction of sp³-hybridized carbons (Fsp3) is 0.375. The number of nitrogens with zero attached hydrogens (tertiary/aromatic N) is 2. The maximum atomic E-state index is 13.1. The number of carbonyl (C=O) groups excluding carboxylic acids is 1. The van der Waals surface area contributed by atoms with Gasteiger partial charge in [0.25, 0.3) is 5.91 Å². The number of rotatable bonds is 3. The number of nitrogens with one attached hydrogen (secondary N) is 2. The first-order valence-corrected chi connectivity index (χ1v) is 10.7. The van der Waals surface area contributed by atoms with Gasteiger partial charge in [-0.1, -0.05) is 0 Å². The zero-order valence-corrected chi connectivity index (χ0v) is 17.8. The Balaban J connectivity index is 1.42. The van der Waals surface area contributed by atoms with Gasteiger partial charge in [0.05, 0.1) is 29.1 Å². The minimum absolute atomic E-state index is 0.122. The first-order valence-electron chi connectivity index (χ1n) is 10.7. The molecule has 6 nitrogen and oxygen atoms in total. The molecule has 0 radical (unpaired) electrons. The summed E-state index contributed by atoms with van der Waals surface area (Å²) in [6.07, 6.45) is 3.85. The summed E-state index contributed by atoms with van der Waals surface area (Å²) < 4.78 is 8.00. The number of aromatic nitrogens is 2. The Labute approximate surface area is 176 Å². The molecule has 2 aromatic heterocycles. The molecule has 5 rings (SSSR count). The van der Waals surface area contributed by atoms with Gasteiger partial charge in [-0.15, -0.1) is 0 Å². The molecule has 0 aliphatic carbocycles. The third-order valence-corrected chi connectivity index (χ3v) is 6.44. The second kappa shape index (κ2) is 6.97. The zero-order chi connectivity index (χ0) is 20.9. The van der Waals surface area contributed by atoms with Crippen LogP contribution in [0.4, 0.5) is 5.69 Å². The Morgan fingerprint density at radius 3 is 2.67 bits per heavy atom. The van der Waals surface area contributed by atoms with E-state index in [1.165, 1.54) is 5.69 Å². The highest BCUT2D eigenvalue weighted by Crippen LogP contribution is 2.44. The molecule has 1 amide bonds. The Hall–Kier alpha value is -3.15. The van der Waals surface area contributed by atoms with Crippen LogP contribution in [0.1, 0.15) is 47.2 Å². The monoisotopic (exact) mass is 404 g/mol. The molecule has 3 aromatic rings. The second-order valence-electron chi connectivity index (χ2n) is 8.37. The van der Waals surface area contributed by atoms with Crippen LogP contribution >= 0.6 is 0 Å². The summed E-state index contributed by atoms with van der Waals surface area (Å²) in [7, 11) is 0. The lowest BCUT2D eigenvalue weighted by atomic mass is 9.82. The van der Waals surface area contributed by atoms with Crippen molar-refractivity contribution in [3.63, 3.8) is 0 Å². The summed E-state index contributed by atoms with van der Waals surface area (Å²) in [5.74, 6) is 0.998. The minimum atomic E-state index is -0.179. The molecule has 1 spiro atoms. The SMILES string of the molecule is CCOc1ccc2c(c1)NC1(CCN(C(=O)c3cc(C)[nH]c3C)CC1)c1cccn1-2. The van der Waals surface area contributed by atoms with E-state index in [9.17, 15) is 4.79 Å². The predicted molar refractivity (Wildman–Crippen MR) is 118 cm³/mol. The van der Waals surface area contributed by atoms with E-state index in [1.807, 2.05) is 37.8 Å². The number of aromatic amines is 1. The number of carbonyl (C=O) groups is 1. The van der Waals surface area contributed by atoms with Crippen LogP contribution in [-0.2, 0) is 5.54 Å². The van der Waals surface area contributed by atoms with Crippen molar-refractivity contribution in [3.05, 3.63) is 65.2 Å². The Kier molecular flexibility index (Phi) is 4.38. The van der Waals surface area contributed by atoms with E-state index >= 15 is 0 Å². The molecule has 2 N–H and O–H groups in total. The van der Waals surface area contributed by atoms with Crippen molar-refractivity contribution in [2.75, 3.05) is 25.0 Å². The number of anilines is 1. The van der Waals surface area contributed by atoms with E-state index < -0.39 is 0 Å². The molecular formula is C24H28N4O2. The van der Waals surface area contributed by atoms with Crippen molar-refractivity contribution >= 4 is 11.6 Å². The summed E-state index contributed by atoms with van der Waals surface area (Å²) >= 11 is 0. The number of piperidine rings is 1. The quantitative estimate of drug-likeness (QED) is 0.681. The van der Waals surface area contributed by atoms with Crippen LogP contribution < -0.4 is 10.1 Å². The number of amides is 1. The van der Waals surface area contributed by atoms with E-state index in [2.05, 4.69) is 45.3 Å². The first kappa shape index (κ1) is 18.9. The molecule has 2 aliphatic heterocycles. The highest BCUT2D eigenvalue weighted by Gasteiger charge is 2.42. The summed E-state index contributed by atoms with van der Waals surface area (Å²) in [6.45, 7) is 8.05. The molecule has 1 aromatic carbocycles. The van der Waals surface area contributed by atoms with Crippen LogP contribution in [0.25, 0.3) is 5.69 Å². The van der Waals surface area contributed by atoms with Crippen LogP contribution in [0.15, 0.2) is 42.6 Å². The van der Waals surface area contributed by atoms with Crippen LogP contribution in [-0.4, -0.2) is 40.1 Å². The fourth-order valence-corrected chi connectivity index (χ4v) is 4.97. The minimum Gasteiger partial charge on any atom is -0.494 e. The highest BCUT2D eigenvalue weighted by molar-refractivity contribution is 5.95. The molecule has 6 heteroatoms. The molecule has 30 heavy (non-hydrogen) atoms. The Bertz CT molecular complexity index is 1100. The van der Waals surface area contributed by atoms with E-state index in [-0.39, 0.29) is 11.4 Å². The number of hydrogen-bond donors (Lipinski definition) is 2. The predicted octanol–water partition coefficient (Wildman–Crippen LogP) is 4.38. The number of H-pyrrole nitrogens is 1. The van der Waals surface area contributed by atoms with Gasteiger partial charge in [0, 0.05) is 42.4 Å². The van der Waals surface area contributed by atoms with Crippen LogP contribution in [0.2, 0.25) is 0 Å². The Morgan fingerprint density at radius 2 is 1.97 bits per heavy atom. The molecule has 0 bridgehead atoms. The maximum Gasteiger partial charge on any atom is 0.255 e. The fourth-order valence-electron chi connectivity index (χ4n) is 4.97. The zero-order valence-electron chi connectivity index (χ0n) is 17.8. The van der Waals surface area contributed by atoms with Crippen molar-refractivity contribution in [2.45, 2.75) is 39.2 Å². The van der Waals surface area contributed by atoms with Gasteiger partial charge < -0.3 is 24.5 Å². The van der Waals surface area contributed by atoms with E-state index in [0.29, 0.717) is 6.61 Å². The van der Waals surface area contributed by atoms with Gasteiger partial charge in [0.2, 0.25) is 0 Å². The van der Waals surface area contributed by atoms with Gasteiger partial charge >= 0.3 is 0 Å². The highest BCUT2D eigenvalue weighted by atomic mass is 16.5. The normalized spacial score (nSPS) is 16.7. The van der Waals surface area contributed by atoms with Gasteiger partial charge in [-0.05, 0) is 63.9 Å². The number of fused-ring (bicyclic) bond motifs is 4. The molecule has 0 unspecified atom stereocenters. The van der Waals surface area contributed by atoms with Crippen molar-refractivity contribution < 1.29 is 9.53 Å². The van der Waals surface area contributed by atoms with Crippen molar-refractivity contribution in [2.24, 2.45) is 0 Å². The standard InChI is InChI=1S/C24H28N4O2/c1-4-30-18-7-8-21-20(15-18)26-24(22-6-5-11-28(21)22)9-12-27(13-10-24)23(29)19-14-16(2)25-17(19)3/h5-8,11,14-15,25-26H,4,9-10,12-13H2,1-3H3. The van der Waals surface area contributed by atoms with Gasteiger partial charge in [0.15, 0.2) is 0 Å². The number of benzene rings is 1. The smallest absolute Gasteiger partial charge is 0.255 e. The third kappa shape index (κ3) is 2.90. The maximum absolute atomic E-state index is 13.1. The summed E-state index contributed by atoms with van der Waals surface area (Å²) in [5.41, 5.74) is 6.07. The lowest BCUT2D eigenvalue weighted by Crippen LogP contribution is -2.51. The van der Waals surface area contributed by atoms with Crippen molar-refractivity contribution in [3.8, 4) is 11.4 Å². The molecule has 1 saturated heterocycles. The van der Waals surface area contributed by atoms with E-state index in [0.717, 1.165) is 60.0 Å². The van der Waals surface area contributed by atoms with Crippen molar-refractivity contribution in [1.82, 2.24) is 14.5 Å². The average Bonchev–Trinajstić information content (AvgIpc) is 3.35. The summed E-state index contributed by atoms with van der Waals surface area (Å²) in [5, 5.41) is 3.82. The van der Waals surface area contributed by atoms with Gasteiger partial charge in [-0.25, -0.2) is 0 Å². The molecule has 1 fully saturated rings. The molecule has 156 valence electrons.